The van der Waals surface area contributed by atoms with E-state index in [1.807, 2.05) is 11.7 Å². The van der Waals surface area contributed by atoms with Crippen molar-refractivity contribution in [2.45, 2.75) is 39.2 Å². The van der Waals surface area contributed by atoms with E-state index in [4.69, 9.17) is 5.73 Å². The zero-order chi connectivity index (χ0) is 12.7. The molecular formula is C14H24N4. The maximum Gasteiger partial charge on any atom is 0.131 e. The van der Waals surface area contributed by atoms with E-state index in [9.17, 15) is 0 Å². The Morgan fingerprint density at radius 3 is 2.22 bits per heavy atom. The fourth-order valence-corrected chi connectivity index (χ4v) is 2.80. The van der Waals surface area contributed by atoms with Crippen molar-refractivity contribution in [1.82, 2.24) is 9.78 Å². The number of rotatable bonds is 6. The third-order valence-electron chi connectivity index (χ3n) is 4.17. The molecule has 0 aromatic carbocycles. The van der Waals surface area contributed by atoms with Gasteiger partial charge in [0.2, 0.25) is 0 Å². The van der Waals surface area contributed by atoms with E-state index in [0.717, 1.165) is 17.5 Å². The first kappa shape index (κ1) is 12.0. The SMILES string of the molecule is Cc1nn(C)c(N(CC2CC2)CC2CC2)c1CN. The van der Waals surface area contributed by atoms with Crippen LogP contribution in [0.3, 0.4) is 0 Å². The third-order valence-corrected chi connectivity index (χ3v) is 4.17. The molecule has 1 aromatic rings. The zero-order valence-corrected chi connectivity index (χ0v) is 11.5. The molecule has 1 heterocycles. The summed E-state index contributed by atoms with van der Waals surface area (Å²) in [5, 5.41) is 4.55. The summed E-state index contributed by atoms with van der Waals surface area (Å²) in [4.78, 5) is 2.55. The van der Waals surface area contributed by atoms with E-state index < -0.39 is 0 Å². The number of aryl methyl sites for hydroxylation is 2. The minimum atomic E-state index is 0.598. The number of nitrogens with zero attached hydrogens (tertiary/aromatic N) is 3. The second-order valence-corrected chi connectivity index (χ2v) is 6.01. The molecule has 0 radical (unpaired) electrons. The molecule has 0 unspecified atom stereocenters. The lowest BCUT2D eigenvalue weighted by Gasteiger charge is -2.26. The van der Waals surface area contributed by atoms with Crippen molar-refractivity contribution in [3.8, 4) is 0 Å². The van der Waals surface area contributed by atoms with E-state index >= 15 is 0 Å². The van der Waals surface area contributed by atoms with Crippen LogP contribution in [0, 0.1) is 18.8 Å². The van der Waals surface area contributed by atoms with Gasteiger partial charge in [0.1, 0.15) is 5.82 Å². The van der Waals surface area contributed by atoms with E-state index in [1.54, 1.807) is 0 Å². The third kappa shape index (κ3) is 2.39. The van der Waals surface area contributed by atoms with Crippen LogP contribution in [0.2, 0.25) is 0 Å². The molecule has 1 aromatic heterocycles. The molecule has 3 rings (SSSR count). The van der Waals surface area contributed by atoms with Crippen molar-refractivity contribution in [3.63, 3.8) is 0 Å². The van der Waals surface area contributed by atoms with Gasteiger partial charge in [0.15, 0.2) is 0 Å². The first-order valence-corrected chi connectivity index (χ1v) is 7.16. The fraction of sp³-hybridized carbons (Fsp3) is 0.786. The van der Waals surface area contributed by atoms with Crippen LogP contribution >= 0.6 is 0 Å². The summed E-state index contributed by atoms with van der Waals surface area (Å²) < 4.78 is 2.03. The topological polar surface area (TPSA) is 47.1 Å². The van der Waals surface area contributed by atoms with Gasteiger partial charge in [-0.15, -0.1) is 0 Å². The molecule has 0 spiro atoms. The molecular weight excluding hydrogens is 224 g/mol. The summed E-state index contributed by atoms with van der Waals surface area (Å²) in [6, 6.07) is 0. The monoisotopic (exact) mass is 248 g/mol. The number of hydrogen-bond donors (Lipinski definition) is 1. The Morgan fingerprint density at radius 1 is 1.22 bits per heavy atom. The number of hydrogen-bond acceptors (Lipinski definition) is 3. The zero-order valence-electron chi connectivity index (χ0n) is 11.5. The van der Waals surface area contributed by atoms with Crippen molar-refractivity contribution in [3.05, 3.63) is 11.3 Å². The van der Waals surface area contributed by atoms with Crippen molar-refractivity contribution < 1.29 is 0 Å². The summed E-state index contributed by atoms with van der Waals surface area (Å²) in [5.41, 5.74) is 8.24. The van der Waals surface area contributed by atoms with E-state index in [2.05, 4.69) is 16.9 Å². The normalized spacial score (nSPS) is 19.3. The van der Waals surface area contributed by atoms with Gasteiger partial charge in [-0.1, -0.05) is 0 Å². The molecule has 0 amide bonds. The van der Waals surface area contributed by atoms with Crippen LogP contribution in [0.1, 0.15) is 36.9 Å². The van der Waals surface area contributed by atoms with Crippen LogP contribution in [0.5, 0.6) is 0 Å². The van der Waals surface area contributed by atoms with Crippen LogP contribution in [0.4, 0.5) is 5.82 Å². The molecule has 0 aliphatic heterocycles. The molecule has 2 aliphatic carbocycles. The molecule has 2 saturated carbocycles. The van der Waals surface area contributed by atoms with E-state index in [-0.39, 0.29) is 0 Å². The van der Waals surface area contributed by atoms with Gasteiger partial charge in [0.25, 0.3) is 0 Å². The smallest absolute Gasteiger partial charge is 0.131 e. The fourth-order valence-electron chi connectivity index (χ4n) is 2.80. The molecule has 0 saturated heterocycles. The van der Waals surface area contributed by atoms with Crippen molar-refractivity contribution in [1.29, 1.82) is 0 Å². The van der Waals surface area contributed by atoms with Gasteiger partial charge in [0.05, 0.1) is 5.69 Å². The van der Waals surface area contributed by atoms with Crippen molar-refractivity contribution in [2.75, 3.05) is 18.0 Å². The molecule has 18 heavy (non-hydrogen) atoms. The lowest BCUT2D eigenvalue weighted by atomic mass is 10.2. The molecule has 100 valence electrons. The second kappa shape index (κ2) is 4.57. The minimum Gasteiger partial charge on any atom is -0.356 e. The largest absolute Gasteiger partial charge is 0.356 e. The van der Waals surface area contributed by atoms with Crippen molar-refractivity contribution in [2.24, 2.45) is 24.6 Å². The highest BCUT2D eigenvalue weighted by Gasteiger charge is 2.31. The molecule has 4 nitrogen and oxygen atoms in total. The van der Waals surface area contributed by atoms with Crippen LogP contribution in [0.15, 0.2) is 0 Å². The first-order valence-electron chi connectivity index (χ1n) is 7.16. The Hall–Kier alpha value is -1.03. The van der Waals surface area contributed by atoms with Gasteiger partial charge in [0, 0.05) is 32.2 Å². The quantitative estimate of drug-likeness (QED) is 0.835. The van der Waals surface area contributed by atoms with Crippen LogP contribution in [0.25, 0.3) is 0 Å². The number of aromatic nitrogens is 2. The standard InChI is InChI=1S/C14H24N4/c1-10-13(7-15)14(17(2)16-10)18(8-11-3-4-11)9-12-5-6-12/h11-12H,3-9,15H2,1-2H3. The molecule has 0 atom stereocenters. The summed E-state index contributed by atoms with van der Waals surface area (Å²) in [6.45, 7) is 5.06. The Labute approximate surface area is 109 Å². The highest BCUT2D eigenvalue weighted by atomic mass is 15.4. The highest BCUT2D eigenvalue weighted by molar-refractivity contribution is 5.50. The summed E-state index contributed by atoms with van der Waals surface area (Å²) in [5.74, 6) is 3.09. The molecule has 2 N–H and O–H groups in total. The lowest BCUT2D eigenvalue weighted by Crippen LogP contribution is -2.31. The molecule has 0 bridgehead atoms. The van der Waals surface area contributed by atoms with Crippen LogP contribution in [-0.2, 0) is 13.6 Å². The average molecular weight is 248 g/mol. The lowest BCUT2D eigenvalue weighted by molar-refractivity contribution is 0.637. The summed E-state index contributed by atoms with van der Waals surface area (Å²) in [6.07, 6.45) is 5.60. The predicted molar refractivity (Wildman–Crippen MR) is 73.5 cm³/mol. The Kier molecular flexibility index (Phi) is 3.06. The van der Waals surface area contributed by atoms with Crippen LogP contribution in [-0.4, -0.2) is 22.9 Å². The van der Waals surface area contributed by atoms with Gasteiger partial charge < -0.3 is 10.6 Å². The first-order chi connectivity index (χ1) is 8.69. The van der Waals surface area contributed by atoms with Gasteiger partial charge in [-0.3, -0.25) is 4.68 Å². The second-order valence-electron chi connectivity index (χ2n) is 6.01. The maximum absolute atomic E-state index is 5.92. The van der Waals surface area contributed by atoms with Gasteiger partial charge in [-0.05, 0) is 44.4 Å². The Bertz CT molecular complexity index is 415. The van der Waals surface area contributed by atoms with Crippen LogP contribution < -0.4 is 10.6 Å². The Morgan fingerprint density at radius 2 is 1.78 bits per heavy atom. The maximum atomic E-state index is 5.92. The van der Waals surface area contributed by atoms with Crippen molar-refractivity contribution >= 4 is 5.82 Å². The molecule has 2 aliphatic rings. The van der Waals surface area contributed by atoms with Gasteiger partial charge >= 0.3 is 0 Å². The van der Waals surface area contributed by atoms with Gasteiger partial charge in [-0.25, -0.2) is 0 Å². The number of anilines is 1. The van der Waals surface area contributed by atoms with E-state index in [1.165, 1.54) is 50.2 Å². The summed E-state index contributed by atoms with van der Waals surface area (Å²) in [7, 11) is 2.05. The van der Waals surface area contributed by atoms with Gasteiger partial charge in [-0.2, -0.15) is 5.10 Å². The average Bonchev–Trinajstić information content (AvgIpc) is 3.20. The molecule has 2 fully saturated rings. The predicted octanol–water partition coefficient (Wildman–Crippen LogP) is 1.81. The highest BCUT2D eigenvalue weighted by Crippen LogP contribution is 2.36. The minimum absolute atomic E-state index is 0.598. The summed E-state index contributed by atoms with van der Waals surface area (Å²) >= 11 is 0. The number of nitrogens with two attached hydrogens (primary N) is 1. The molecule has 4 heteroatoms. The Balaban J connectivity index is 1.86. The van der Waals surface area contributed by atoms with E-state index in [0.29, 0.717) is 6.54 Å².